The van der Waals surface area contributed by atoms with E-state index >= 15 is 0 Å². The van der Waals surface area contributed by atoms with Crippen molar-refractivity contribution in [2.45, 2.75) is 6.54 Å². The Morgan fingerprint density at radius 3 is 2.57 bits per heavy atom. The fraction of sp³-hybridized carbons (Fsp3) is 0.125. The molecule has 0 atom stereocenters. The highest BCUT2D eigenvalue weighted by atomic mass is 16.4. The lowest BCUT2D eigenvalue weighted by Gasteiger charge is -2.01. The summed E-state index contributed by atoms with van der Waals surface area (Å²) in [6, 6.07) is 2.16. The number of carboxylic acid groups (broad SMARTS) is 1. The third-order valence-corrected chi connectivity index (χ3v) is 1.57. The van der Waals surface area contributed by atoms with E-state index in [1.165, 1.54) is 12.3 Å². The third kappa shape index (κ3) is 2.19. The standard InChI is InChI=1S/C8H8N2O4/c9-6(11)4-10-2-1-5(8(13)14)3-7(10)12/h1-3H,4H2,(H2,9,11)(H,13,14). The van der Waals surface area contributed by atoms with Gasteiger partial charge in [0.05, 0.1) is 5.56 Å². The molecule has 0 saturated carbocycles. The number of rotatable bonds is 3. The van der Waals surface area contributed by atoms with Crippen molar-refractivity contribution in [3.05, 3.63) is 34.2 Å². The second-order valence-electron chi connectivity index (χ2n) is 2.65. The first-order valence-corrected chi connectivity index (χ1v) is 3.73. The second-order valence-corrected chi connectivity index (χ2v) is 2.65. The summed E-state index contributed by atoms with van der Waals surface area (Å²) in [5, 5.41) is 8.54. The van der Waals surface area contributed by atoms with Crippen LogP contribution in [0.2, 0.25) is 0 Å². The van der Waals surface area contributed by atoms with Crippen LogP contribution >= 0.6 is 0 Å². The molecule has 0 spiro atoms. The summed E-state index contributed by atoms with van der Waals surface area (Å²) < 4.78 is 1.04. The summed E-state index contributed by atoms with van der Waals surface area (Å²) in [7, 11) is 0. The molecular weight excluding hydrogens is 188 g/mol. The van der Waals surface area contributed by atoms with Crippen LogP contribution in [0.3, 0.4) is 0 Å². The Bertz CT molecular complexity index is 435. The van der Waals surface area contributed by atoms with Gasteiger partial charge in [-0.2, -0.15) is 0 Å². The van der Waals surface area contributed by atoms with Crippen molar-refractivity contribution in [1.82, 2.24) is 4.57 Å². The largest absolute Gasteiger partial charge is 0.478 e. The van der Waals surface area contributed by atoms with Crippen molar-refractivity contribution in [2.24, 2.45) is 5.73 Å². The van der Waals surface area contributed by atoms with Gasteiger partial charge in [0.25, 0.3) is 5.56 Å². The molecule has 0 aliphatic rings. The van der Waals surface area contributed by atoms with Crippen LogP contribution in [0.25, 0.3) is 0 Å². The highest BCUT2D eigenvalue weighted by Crippen LogP contribution is 1.93. The maximum absolute atomic E-state index is 11.2. The first-order valence-electron chi connectivity index (χ1n) is 3.73. The fourth-order valence-electron chi connectivity index (χ4n) is 0.939. The highest BCUT2D eigenvalue weighted by Gasteiger charge is 2.05. The Hall–Kier alpha value is -2.11. The number of nitrogens with zero attached hydrogens (tertiary/aromatic N) is 1. The quantitative estimate of drug-likeness (QED) is 0.649. The van der Waals surface area contributed by atoms with Crippen LogP contribution < -0.4 is 11.3 Å². The molecule has 3 N–H and O–H groups in total. The lowest BCUT2D eigenvalue weighted by atomic mass is 10.3. The van der Waals surface area contributed by atoms with Crippen molar-refractivity contribution >= 4 is 11.9 Å². The molecule has 6 heteroatoms. The molecule has 6 nitrogen and oxygen atoms in total. The minimum Gasteiger partial charge on any atom is -0.478 e. The number of hydrogen-bond acceptors (Lipinski definition) is 3. The summed E-state index contributed by atoms with van der Waals surface area (Å²) in [6.45, 7) is -0.251. The van der Waals surface area contributed by atoms with E-state index in [2.05, 4.69) is 0 Å². The van der Waals surface area contributed by atoms with Gasteiger partial charge in [-0.05, 0) is 6.07 Å². The van der Waals surface area contributed by atoms with Crippen molar-refractivity contribution in [2.75, 3.05) is 0 Å². The van der Waals surface area contributed by atoms with Crippen LogP contribution in [0.4, 0.5) is 0 Å². The maximum Gasteiger partial charge on any atom is 0.335 e. The van der Waals surface area contributed by atoms with Crippen molar-refractivity contribution in [3.63, 3.8) is 0 Å². The number of carbonyl (C=O) groups excluding carboxylic acids is 1. The molecule has 0 bridgehead atoms. The van der Waals surface area contributed by atoms with E-state index in [1.807, 2.05) is 0 Å². The molecule has 1 amide bonds. The van der Waals surface area contributed by atoms with Gasteiger partial charge >= 0.3 is 5.97 Å². The minimum absolute atomic E-state index is 0.115. The second kappa shape index (κ2) is 3.73. The number of carbonyl (C=O) groups is 2. The minimum atomic E-state index is -1.19. The number of hydrogen-bond donors (Lipinski definition) is 2. The lowest BCUT2D eigenvalue weighted by molar-refractivity contribution is -0.118. The average molecular weight is 196 g/mol. The number of carboxylic acids is 1. The number of amides is 1. The van der Waals surface area contributed by atoms with E-state index in [-0.39, 0.29) is 12.1 Å². The molecule has 74 valence electrons. The van der Waals surface area contributed by atoms with Gasteiger partial charge in [0.2, 0.25) is 5.91 Å². The van der Waals surface area contributed by atoms with Crippen LogP contribution in [-0.4, -0.2) is 21.6 Å². The Morgan fingerprint density at radius 2 is 2.14 bits per heavy atom. The van der Waals surface area contributed by atoms with Gasteiger partial charge in [0.15, 0.2) is 0 Å². The van der Waals surface area contributed by atoms with Crippen LogP contribution in [0, 0.1) is 0 Å². The Kier molecular flexibility index (Phi) is 2.66. The first kappa shape index (κ1) is 9.97. The first-order chi connectivity index (χ1) is 6.50. The third-order valence-electron chi connectivity index (χ3n) is 1.57. The molecule has 1 heterocycles. The SMILES string of the molecule is NC(=O)Cn1ccc(C(=O)O)cc1=O. The van der Waals surface area contributed by atoms with E-state index in [0.29, 0.717) is 0 Å². The normalized spacial score (nSPS) is 9.71. The zero-order valence-corrected chi connectivity index (χ0v) is 7.14. The van der Waals surface area contributed by atoms with Crippen molar-refractivity contribution in [1.29, 1.82) is 0 Å². The number of aromatic carboxylic acids is 1. The Morgan fingerprint density at radius 1 is 1.50 bits per heavy atom. The van der Waals surface area contributed by atoms with Crippen LogP contribution in [0.15, 0.2) is 23.1 Å². The van der Waals surface area contributed by atoms with Gasteiger partial charge in [-0.3, -0.25) is 9.59 Å². The Labute approximate surface area is 78.6 Å². The van der Waals surface area contributed by atoms with Gasteiger partial charge in [-0.1, -0.05) is 0 Å². The van der Waals surface area contributed by atoms with E-state index < -0.39 is 17.4 Å². The van der Waals surface area contributed by atoms with Gasteiger partial charge < -0.3 is 15.4 Å². The van der Waals surface area contributed by atoms with Crippen molar-refractivity contribution < 1.29 is 14.7 Å². The molecule has 0 aliphatic heterocycles. The molecule has 0 aliphatic carbocycles. The summed E-state index contributed by atoms with van der Waals surface area (Å²) in [4.78, 5) is 32.1. The summed E-state index contributed by atoms with van der Waals surface area (Å²) in [5.74, 6) is -1.84. The zero-order valence-electron chi connectivity index (χ0n) is 7.14. The monoisotopic (exact) mass is 196 g/mol. The van der Waals surface area contributed by atoms with E-state index in [1.54, 1.807) is 0 Å². The molecule has 14 heavy (non-hydrogen) atoms. The smallest absolute Gasteiger partial charge is 0.335 e. The average Bonchev–Trinajstić information content (AvgIpc) is 2.07. The molecule has 0 aromatic carbocycles. The molecule has 1 aromatic heterocycles. The molecule has 0 unspecified atom stereocenters. The highest BCUT2D eigenvalue weighted by molar-refractivity contribution is 5.87. The van der Waals surface area contributed by atoms with Crippen LogP contribution in [-0.2, 0) is 11.3 Å². The van der Waals surface area contributed by atoms with E-state index in [0.717, 1.165) is 10.6 Å². The van der Waals surface area contributed by atoms with Gasteiger partial charge in [0.1, 0.15) is 6.54 Å². The summed E-state index contributed by atoms with van der Waals surface area (Å²) in [6.07, 6.45) is 1.22. The summed E-state index contributed by atoms with van der Waals surface area (Å²) >= 11 is 0. The molecule has 0 saturated heterocycles. The maximum atomic E-state index is 11.2. The Balaban J connectivity index is 3.08. The number of primary amides is 1. The van der Waals surface area contributed by atoms with E-state index in [4.69, 9.17) is 10.8 Å². The van der Waals surface area contributed by atoms with Gasteiger partial charge in [-0.15, -0.1) is 0 Å². The number of aromatic nitrogens is 1. The summed E-state index contributed by atoms with van der Waals surface area (Å²) in [5.41, 5.74) is 4.20. The van der Waals surface area contributed by atoms with Crippen LogP contribution in [0.1, 0.15) is 10.4 Å². The lowest BCUT2D eigenvalue weighted by Crippen LogP contribution is -2.27. The molecule has 0 fully saturated rings. The molecular formula is C8H8N2O4. The molecule has 1 rings (SSSR count). The number of nitrogens with two attached hydrogens (primary N) is 1. The fourth-order valence-corrected chi connectivity index (χ4v) is 0.939. The molecule has 1 aromatic rings. The molecule has 0 radical (unpaired) electrons. The predicted molar refractivity (Wildman–Crippen MR) is 46.9 cm³/mol. The topological polar surface area (TPSA) is 102 Å². The van der Waals surface area contributed by atoms with Gasteiger partial charge in [-0.25, -0.2) is 4.79 Å². The zero-order chi connectivity index (χ0) is 10.7. The van der Waals surface area contributed by atoms with Gasteiger partial charge in [0, 0.05) is 12.3 Å². The van der Waals surface area contributed by atoms with E-state index in [9.17, 15) is 14.4 Å². The van der Waals surface area contributed by atoms with Crippen LogP contribution in [0.5, 0.6) is 0 Å². The number of pyridine rings is 1. The predicted octanol–water partition coefficient (Wildman–Crippen LogP) is -0.968. The van der Waals surface area contributed by atoms with Crippen molar-refractivity contribution in [3.8, 4) is 0 Å².